The molecule has 0 radical (unpaired) electrons. The van der Waals surface area contributed by atoms with E-state index in [1.54, 1.807) is 24.5 Å². The molecule has 9 nitrogen and oxygen atoms in total. The van der Waals surface area contributed by atoms with Gasteiger partial charge < -0.3 is 24.2 Å². The SMILES string of the molecule is CCOc1ncc(C2(O)C3CCCC2CN(C(=O)c2ccnc(OC)c2)C3)c(OCC)n1. The highest BCUT2D eigenvalue weighted by Gasteiger charge is 2.54. The van der Waals surface area contributed by atoms with E-state index in [0.29, 0.717) is 49.2 Å². The minimum absolute atomic E-state index is 0.0855. The Kier molecular flexibility index (Phi) is 6.45. The quantitative estimate of drug-likeness (QED) is 0.697. The summed E-state index contributed by atoms with van der Waals surface area (Å²) in [7, 11) is 1.52. The Hall–Kier alpha value is -2.94. The van der Waals surface area contributed by atoms with Gasteiger partial charge in [-0.05, 0) is 32.8 Å². The summed E-state index contributed by atoms with van der Waals surface area (Å²) in [5.41, 5.74) is -0.0600. The first-order valence-electron chi connectivity index (χ1n) is 11.2. The van der Waals surface area contributed by atoms with Crippen molar-refractivity contribution in [2.45, 2.75) is 38.7 Å². The maximum Gasteiger partial charge on any atom is 0.319 e. The van der Waals surface area contributed by atoms with E-state index in [2.05, 4.69) is 15.0 Å². The van der Waals surface area contributed by atoms with Gasteiger partial charge in [-0.15, -0.1) is 0 Å². The highest BCUT2D eigenvalue weighted by atomic mass is 16.5. The third-order valence-corrected chi connectivity index (χ3v) is 6.43. The van der Waals surface area contributed by atoms with Crippen molar-refractivity contribution in [3.05, 3.63) is 35.7 Å². The van der Waals surface area contributed by atoms with E-state index >= 15 is 0 Å². The molecule has 0 aromatic carbocycles. The molecule has 9 heteroatoms. The molecule has 1 N–H and O–H groups in total. The smallest absolute Gasteiger partial charge is 0.319 e. The Morgan fingerprint density at radius 1 is 1.19 bits per heavy atom. The molecule has 2 bridgehead atoms. The van der Waals surface area contributed by atoms with E-state index in [-0.39, 0.29) is 23.8 Å². The van der Waals surface area contributed by atoms with Gasteiger partial charge in [0.15, 0.2) is 0 Å². The fraction of sp³-hybridized carbons (Fsp3) is 0.565. The number of ether oxygens (including phenoxy) is 3. The summed E-state index contributed by atoms with van der Waals surface area (Å²) in [4.78, 5) is 27.8. The Morgan fingerprint density at radius 3 is 2.56 bits per heavy atom. The summed E-state index contributed by atoms with van der Waals surface area (Å²) in [6.07, 6.45) is 5.80. The number of carbonyl (C=O) groups is 1. The number of rotatable bonds is 7. The molecule has 1 aliphatic heterocycles. The number of carbonyl (C=O) groups excluding carboxylic acids is 1. The van der Waals surface area contributed by atoms with Crippen LogP contribution in [-0.2, 0) is 5.60 Å². The molecule has 32 heavy (non-hydrogen) atoms. The van der Waals surface area contributed by atoms with Crippen molar-refractivity contribution in [3.63, 3.8) is 0 Å². The van der Waals surface area contributed by atoms with Crippen LogP contribution in [-0.4, -0.2) is 64.3 Å². The van der Waals surface area contributed by atoms with Crippen molar-refractivity contribution in [3.8, 4) is 17.8 Å². The van der Waals surface area contributed by atoms with Crippen molar-refractivity contribution in [1.29, 1.82) is 0 Å². The first-order valence-corrected chi connectivity index (χ1v) is 11.2. The topological polar surface area (TPSA) is 107 Å². The van der Waals surface area contributed by atoms with Crippen LogP contribution in [0.2, 0.25) is 0 Å². The van der Waals surface area contributed by atoms with E-state index in [9.17, 15) is 9.90 Å². The molecule has 2 fully saturated rings. The molecule has 1 saturated carbocycles. The zero-order valence-electron chi connectivity index (χ0n) is 18.8. The van der Waals surface area contributed by atoms with Crippen molar-refractivity contribution < 1.29 is 24.1 Å². The number of fused-ring (bicyclic) bond motifs is 2. The van der Waals surface area contributed by atoms with Crippen LogP contribution in [0.1, 0.15) is 49.0 Å². The molecule has 2 unspecified atom stereocenters. The maximum absolute atomic E-state index is 13.2. The number of methoxy groups -OCH3 is 1. The third-order valence-electron chi connectivity index (χ3n) is 6.43. The lowest BCUT2D eigenvalue weighted by Crippen LogP contribution is -2.59. The minimum Gasteiger partial charge on any atom is -0.481 e. The normalized spacial score (nSPS) is 24.7. The lowest BCUT2D eigenvalue weighted by molar-refractivity contribution is -0.141. The molecule has 2 aromatic heterocycles. The van der Waals surface area contributed by atoms with Gasteiger partial charge in [0.25, 0.3) is 5.91 Å². The summed E-state index contributed by atoms with van der Waals surface area (Å²) in [6, 6.07) is 3.56. The van der Waals surface area contributed by atoms with Crippen LogP contribution in [0.3, 0.4) is 0 Å². The van der Waals surface area contributed by atoms with Crippen LogP contribution in [0, 0.1) is 11.8 Å². The highest BCUT2D eigenvalue weighted by Crippen LogP contribution is 2.51. The summed E-state index contributed by atoms with van der Waals surface area (Å²) < 4.78 is 16.4. The van der Waals surface area contributed by atoms with Gasteiger partial charge in [0.1, 0.15) is 5.60 Å². The number of aromatic nitrogens is 3. The van der Waals surface area contributed by atoms with Gasteiger partial charge in [-0.1, -0.05) is 6.42 Å². The Labute approximate surface area is 187 Å². The lowest BCUT2D eigenvalue weighted by atomic mass is 9.63. The average Bonchev–Trinajstić information content (AvgIpc) is 2.79. The predicted molar refractivity (Wildman–Crippen MR) is 116 cm³/mol. The van der Waals surface area contributed by atoms with Crippen LogP contribution >= 0.6 is 0 Å². The molecule has 4 rings (SSSR count). The van der Waals surface area contributed by atoms with Crippen LogP contribution in [0.5, 0.6) is 17.8 Å². The standard InChI is InChI=1S/C23H30N4O5/c1-4-31-20-18(12-25-22(26-20)32-5-2)23(29)16-7-6-8-17(23)14-27(13-16)21(28)15-9-10-24-19(11-15)30-3/h9-12,16-17,29H,4-8,13-14H2,1-3H3. The molecule has 3 heterocycles. The van der Waals surface area contributed by atoms with Crippen molar-refractivity contribution in [2.75, 3.05) is 33.4 Å². The van der Waals surface area contributed by atoms with Gasteiger partial charge in [0.2, 0.25) is 11.8 Å². The molecule has 1 amide bonds. The second-order valence-corrected chi connectivity index (χ2v) is 8.18. The Bertz CT molecular complexity index is 955. The minimum atomic E-state index is -1.17. The third kappa shape index (κ3) is 3.97. The highest BCUT2D eigenvalue weighted by molar-refractivity contribution is 5.94. The van der Waals surface area contributed by atoms with Gasteiger partial charge >= 0.3 is 6.01 Å². The van der Waals surface area contributed by atoms with Gasteiger partial charge in [-0.2, -0.15) is 4.98 Å². The molecule has 2 aliphatic rings. The predicted octanol–water partition coefficient (Wildman–Crippen LogP) is 2.44. The zero-order chi connectivity index (χ0) is 22.7. The van der Waals surface area contributed by atoms with Crippen LogP contribution in [0.25, 0.3) is 0 Å². The van der Waals surface area contributed by atoms with E-state index in [1.807, 2.05) is 18.7 Å². The second-order valence-electron chi connectivity index (χ2n) is 8.18. The molecule has 0 spiro atoms. The van der Waals surface area contributed by atoms with E-state index in [0.717, 1.165) is 19.3 Å². The average molecular weight is 443 g/mol. The molecular formula is C23H30N4O5. The molecule has 1 aliphatic carbocycles. The number of amides is 1. The molecule has 2 aromatic rings. The summed E-state index contributed by atoms with van der Waals surface area (Å²) >= 11 is 0. The first-order chi connectivity index (χ1) is 15.5. The number of piperidine rings is 1. The van der Waals surface area contributed by atoms with Crippen molar-refractivity contribution >= 4 is 5.91 Å². The lowest BCUT2D eigenvalue weighted by Gasteiger charge is -2.53. The van der Waals surface area contributed by atoms with E-state index < -0.39 is 5.60 Å². The van der Waals surface area contributed by atoms with Crippen LogP contribution in [0.15, 0.2) is 24.5 Å². The number of aliphatic hydroxyl groups is 1. The molecular weight excluding hydrogens is 412 g/mol. The number of hydrogen-bond acceptors (Lipinski definition) is 8. The number of pyridine rings is 1. The fourth-order valence-corrected chi connectivity index (χ4v) is 4.96. The van der Waals surface area contributed by atoms with Gasteiger partial charge in [0.05, 0.1) is 25.9 Å². The van der Waals surface area contributed by atoms with Gasteiger partial charge in [-0.3, -0.25) is 4.79 Å². The summed E-state index contributed by atoms with van der Waals surface area (Å²) in [5, 5.41) is 12.0. The van der Waals surface area contributed by atoms with Crippen molar-refractivity contribution in [2.24, 2.45) is 11.8 Å². The monoisotopic (exact) mass is 442 g/mol. The number of likely N-dealkylation sites (tertiary alicyclic amines) is 1. The summed E-state index contributed by atoms with van der Waals surface area (Å²) in [6.45, 7) is 5.47. The van der Waals surface area contributed by atoms with E-state index in [1.165, 1.54) is 7.11 Å². The maximum atomic E-state index is 13.2. The van der Waals surface area contributed by atoms with Gasteiger partial charge in [0, 0.05) is 48.9 Å². The zero-order valence-corrected chi connectivity index (χ0v) is 18.8. The summed E-state index contributed by atoms with van der Waals surface area (Å²) in [5.74, 6) is 0.367. The molecule has 1 saturated heterocycles. The Morgan fingerprint density at radius 2 is 1.91 bits per heavy atom. The van der Waals surface area contributed by atoms with Crippen molar-refractivity contribution in [1.82, 2.24) is 19.9 Å². The van der Waals surface area contributed by atoms with Crippen LogP contribution in [0.4, 0.5) is 0 Å². The number of nitrogens with zero attached hydrogens (tertiary/aromatic N) is 4. The second kappa shape index (κ2) is 9.28. The largest absolute Gasteiger partial charge is 0.481 e. The van der Waals surface area contributed by atoms with E-state index in [4.69, 9.17) is 14.2 Å². The van der Waals surface area contributed by atoms with Crippen LogP contribution < -0.4 is 14.2 Å². The molecule has 2 atom stereocenters. The molecule has 172 valence electrons. The Balaban J connectivity index is 1.64. The first kappa shape index (κ1) is 22.3. The fourth-order valence-electron chi connectivity index (χ4n) is 4.96. The van der Waals surface area contributed by atoms with Gasteiger partial charge in [-0.25, -0.2) is 9.97 Å². The number of hydrogen-bond donors (Lipinski definition) is 1.